The van der Waals surface area contributed by atoms with Gasteiger partial charge in [0.05, 0.1) is 6.10 Å². The lowest BCUT2D eigenvalue weighted by Gasteiger charge is -2.10. The van der Waals surface area contributed by atoms with Gasteiger partial charge in [-0.1, -0.05) is 29.3 Å². The molecule has 0 aliphatic carbocycles. The average Bonchev–Trinajstić information content (AvgIpc) is 2.16. The first-order chi connectivity index (χ1) is 7.61. The van der Waals surface area contributed by atoms with Crippen molar-refractivity contribution in [1.82, 2.24) is 0 Å². The van der Waals surface area contributed by atoms with E-state index in [2.05, 4.69) is 43.9 Å². The van der Waals surface area contributed by atoms with Crippen LogP contribution in [0, 0.1) is 25.7 Å². The molecule has 0 aliphatic rings. The van der Waals surface area contributed by atoms with Crippen LogP contribution in [-0.4, -0.2) is 11.2 Å². The van der Waals surface area contributed by atoms with Crippen LogP contribution in [0.3, 0.4) is 0 Å². The summed E-state index contributed by atoms with van der Waals surface area (Å²) >= 11 is 0. The Morgan fingerprint density at radius 1 is 1.19 bits per heavy atom. The molecule has 1 rings (SSSR count). The van der Waals surface area contributed by atoms with E-state index in [1.165, 1.54) is 16.7 Å². The normalized spacial score (nSPS) is 11.8. The number of hydrogen-bond acceptors (Lipinski definition) is 1. The second kappa shape index (κ2) is 6.35. The zero-order valence-corrected chi connectivity index (χ0v) is 10.4. The molecule has 0 radical (unpaired) electrons. The molecule has 0 saturated heterocycles. The van der Waals surface area contributed by atoms with E-state index in [4.69, 9.17) is 0 Å². The third-order valence-corrected chi connectivity index (χ3v) is 2.53. The predicted octanol–water partition coefficient (Wildman–Crippen LogP) is 3.01. The lowest BCUT2D eigenvalue weighted by molar-refractivity contribution is 0.166. The number of aliphatic hydroxyl groups excluding tert-OH is 1. The lowest BCUT2D eigenvalue weighted by Crippen LogP contribution is -2.10. The highest BCUT2D eigenvalue weighted by Crippen LogP contribution is 2.12. The average molecular weight is 216 g/mol. The van der Waals surface area contributed by atoms with Crippen LogP contribution >= 0.6 is 0 Å². The van der Waals surface area contributed by atoms with Gasteiger partial charge in [-0.05, 0) is 39.2 Å². The Morgan fingerprint density at radius 3 is 2.38 bits per heavy atom. The molecule has 1 N–H and O–H groups in total. The standard InChI is InChI=1S/C15H20O/c1-4-5-6-7-15(16)11-14-9-12(2)8-13(3)10-14/h8-10,15-16H,6-7,11H2,1-3H3. The van der Waals surface area contributed by atoms with Crippen LogP contribution in [0.1, 0.15) is 36.5 Å². The Bertz CT molecular complexity index is 375. The molecule has 0 aliphatic heterocycles. The molecule has 86 valence electrons. The number of benzene rings is 1. The maximum atomic E-state index is 9.84. The molecule has 1 aromatic rings. The molecule has 1 atom stereocenters. The lowest BCUT2D eigenvalue weighted by atomic mass is 10.0. The van der Waals surface area contributed by atoms with E-state index in [1.54, 1.807) is 0 Å². The quantitative estimate of drug-likeness (QED) is 0.767. The van der Waals surface area contributed by atoms with Crippen LogP contribution in [0.15, 0.2) is 18.2 Å². The molecule has 16 heavy (non-hydrogen) atoms. The molecule has 1 unspecified atom stereocenters. The fraction of sp³-hybridized carbons (Fsp3) is 0.467. The smallest absolute Gasteiger partial charge is 0.0589 e. The Kier molecular flexibility index (Phi) is 5.08. The summed E-state index contributed by atoms with van der Waals surface area (Å²) in [5.41, 5.74) is 3.74. The van der Waals surface area contributed by atoms with Gasteiger partial charge in [0.2, 0.25) is 0 Å². The van der Waals surface area contributed by atoms with Gasteiger partial charge in [-0.2, -0.15) is 0 Å². The molecule has 1 heteroatoms. The molecular formula is C15H20O. The highest BCUT2D eigenvalue weighted by Gasteiger charge is 2.05. The monoisotopic (exact) mass is 216 g/mol. The van der Waals surface area contributed by atoms with Crippen molar-refractivity contribution in [3.8, 4) is 11.8 Å². The highest BCUT2D eigenvalue weighted by molar-refractivity contribution is 5.28. The number of aryl methyl sites for hydroxylation is 2. The van der Waals surface area contributed by atoms with E-state index in [1.807, 2.05) is 6.92 Å². The Morgan fingerprint density at radius 2 is 1.81 bits per heavy atom. The Labute approximate surface area is 98.5 Å². The van der Waals surface area contributed by atoms with E-state index in [-0.39, 0.29) is 6.10 Å². The van der Waals surface area contributed by atoms with Gasteiger partial charge >= 0.3 is 0 Å². The summed E-state index contributed by atoms with van der Waals surface area (Å²) in [5.74, 6) is 5.82. The van der Waals surface area contributed by atoms with Crippen molar-refractivity contribution in [2.45, 2.75) is 46.1 Å². The summed E-state index contributed by atoms with van der Waals surface area (Å²) in [6, 6.07) is 6.43. The third kappa shape index (κ3) is 4.51. The van der Waals surface area contributed by atoms with E-state index >= 15 is 0 Å². The van der Waals surface area contributed by atoms with Gasteiger partial charge in [-0.15, -0.1) is 11.8 Å². The van der Waals surface area contributed by atoms with Gasteiger partial charge in [0.15, 0.2) is 0 Å². The van der Waals surface area contributed by atoms with Crippen LogP contribution in [-0.2, 0) is 6.42 Å². The van der Waals surface area contributed by atoms with Crippen LogP contribution in [0.2, 0.25) is 0 Å². The topological polar surface area (TPSA) is 20.2 Å². The highest BCUT2D eigenvalue weighted by atomic mass is 16.3. The minimum absolute atomic E-state index is 0.276. The van der Waals surface area contributed by atoms with E-state index in [0.717, 1.165) is 19.3 Å². The minimum atomic E-state index is -0.276. The van der Waals surface area contributed by atoms with E-state index in [0.29, 0.717) is 0 Å². The molecular weight excluding hydrogens is 196 g/mol. The maximum absolute atomic E-state index is 9.84. The first-order valence-electron chi connectivity index (χ1n) is 5.76. The van der Waals surface area contributed by atoms with Gasteiger partial charge in [0.25, 0.3) is 0 Å². The zero-order chi connectivity index (χ0) is 12.0. The molecule has 1 aromatic carbocycles. The van der Waals surface area contributed by atoms with Gasteiger partial charge in [0.1, 0.15) is 0 Å². The summed E-state index contributed by atoms with van der Waals surface area (Å²) < 4.78 is 0. The molecule has 0 fully saturated rings. The second-order valence-corrected chi connectivity index (χ2v) is 4.32. The van der Waals surface area contributed by atoms with Crippen LogP contribution < -0.4 is 0 Å². The van der Waals surface area contributed by atoms with Crippen molar-refractivity contribution in [1.29, 1.82) is 0 Å². The fourth-order valence-corrected chi connectivity index (χ4v) is 1.92. The summed E-state index contributed by atoms with van der Waals surface area (Å²) in [7, 11) is 0. The van der Waals surface area contributed by atoms with E-state index in [9.17, 15) is 5.11 Å². The molecule has 0 heterocycles. The summed E-state index contributed by atoms with van der Waals surface area (Å²) in [6.07, 6.45) is 1.99. The van der Waals surface area contributed by atoms with Gasteiger partial charge in [0, 0.05) is 6.42 Å². The first kappa shape index (κ1) is 12.8. The SMILES string of the molecule is CC#CCCC(O)Cc1cc(C)cc(C)c1. The minimum Gasteiger partial charge on any atom is -0.393 e. The van der Waals surface area contributed by atoms with Gasteiger partial charge < -0.3 is 5.11 Å². The zero-order valence-electron chi connectivity index (χ0n) is 10.4. The van der Waals surface area contributed by atoms with Crippen molar-refractivity contribution in [2.24, 2.45) is 0 Å². The largest absolute Gasteiger partial charge is 0.393 e. The van der Waals surface area contributed by atoms with Crippen molar-refractivity contribution in [2.75, 3.05) is 0 Å². The predicted molar refractivity (Wildman–Crippen MR) is 68.3 cm³/mol. The number of hydrogen-bond donors (Lipinski definition) is 1. The maximum Gasteiger partial charge on any atom is 0.0589 e. The van der Waals surface area contributed by atoms with Crippen LogP contribution in [0.5, 0.6) is 0 Å². The number of rotatable bonds is 4. The van der Waals surface area contributed by atoms with Crippen molar-refractivity contribution < 1.29 is 5.11 Å². The molecule has 0 spiro atoms. The van der Waals surface area contributed by atoms with E-state index < -0.39 is 0 Å². The second-order valence-electron chi connectivity index (χ2n) is 4.32. The fourth-order valence-electron chi connectivity index (χ4n) is 1.92. The first-order valence-corrected chi connectivity index (χ1v) is 5.76. The Hall–Kier alpha value is -1.26. The van der Waals surface area contributed by atoms with Crippen molar-refractivity contribution in [3.63, 3.8) is 0 Å². The third-order valence-electron chi connectivity index (χ3n) is 2.53. The van der Waals surface area contributed by atoms with Crippen LogP contribution in [0.25, 0.3) is 0 Å². The van der Waals surface area contributed by atoms with Gasteiger partial charge in [-0.25, -0.2) is 0 Å². The summed E-state index contributed by atoms with van der Waals surface area (Å²) in [4.78, 5) is 0. The molecule has 0 amide bonds. The molecule has 0 aromatic heterocycles. The van der Waals surface area contributed by atoms with Crippen molar-refractivity contribution in [3.05, 3.63) is 34.9 Å². The van der Waals surface area contributed by atoms with Crippen molar-refractivity contribution >= 4 is 0 Å². The molecule has 0 saturated carbocycles. The molecule has 1 nitrogen and oxygen atoms in total. The number of aliphatic hydroxyl groups is 1. The summed E-state index contributed by atoms with van der Waals surface area (Å²) in [6.45, 7) is 6.01. The summed E-state index contributed by atoms with van der Waals surface area (Å²) in [5, 5.41) is 9.84. The van der Waals surface area contributed by atoms with Crippen LogP contribution in [0.4, 0.5) is 0 Å². The van der Waals surface area contributed by atoms with Gasteiger partial charge in [-0.3, -0.25) is 0 Å². The Balaban J connectivity index is 2.54. The molecule has 0 bridgehead atoms.